The number of amides is 1. The standard InChI is InChI=1S/C27H18BrN3O4S2/c28-20-8-4-7-19(15-20)23-29-30-24(35-23)21(13-16-5-2-1-3-6-16)31-25(32)22(37-27(31)36)14-17-9-11-18(12-10-17)26(33)34/h1-12,14-15,21H,13H2,(H,33,34)/b22-14-/t21-/m1/s1. The Bertz CT molecular complexity index is 1520. The van der Waals surface area contributed by atoms with E-state index in [1.54, 1.807) is 18.2 Å². The Balaban J connectivity index is 1.48. The lowest BCUT2D eigenvalue weighted by atomic mass is 10.0. The van der Waals surface area contributed by atoms with E-state index in [2.05, 4.69) is 26.1 Å². The van der Waals surface area contributed by atoms with Gasteiger partial charge in [-0.15, -0.1) is 10.2 Å². The second-order valence-electron chi connectivity index (χ2n) is 8.14. The van der Waals surface area contributed by atoms with Gasteiger partial charge in [0.15, 0.2) is 0 Å². The maximum atomic E-state index is 13.6. The van der Waals surface area contributed by atoms with Crippen molar-refractivity contribution in [2.75, 3.05) is 0 Å². The van der Waals surface area contributed by atoms with Crippen molar-refractivity contribution in [3.05, 3.63) is 111 Å². The fraction of sp³-hybridized carbons (Fsp3) is 0.0741. The van der Waals surface area contributed by atoms with Crippen molar-refractivity contribution in [2.24, 2.45) is 0 Å². The minimum absolute atomic E-state index is 0.172. The van der Waals surface area contributed by atoms with Crippen LogP contribution < -0.4 is 0 Å². The summed E-state index contributed by atoms with van der Waals surface area (Å²) < 4.78 is 7.33. The first kappa shape index (κ1) is 25.1. The van der Waals surface area contributed by atoms with Gasteiger partial charge in [0.25, 0.3) is 5.91 Å². The summed E-state index contributed by atoms with van der Waals surface area (Å²) in [6.45, 7) is 0. The molecular weight excluding hydrogens is 574 g/mol. The van der Waals surface area contributed by atoms with Crippen LogP contribution in [0.25, 0.3) is 17.5 Å². The SMILES string of the molecule is O=C(O)c1ccc(/C=C2\SC(=S)N([C@H](Cc3ccccc3)c3nnc(-c4cccc(Br)c4)o3)C2=O)cc1. The molecule has 1 saturated heterocycles. The van der Waals surface area contributed by atoms with Gasteiger partial charge in [0.2, 0.25) is 11.8 Å². The van der Waals surface area contributed by atoms with E-state index in [1.807, 2.05) is 54.6 Å². The summed E-state index contributed by atoms with van der Waals surface area (Å²) in [7, 11) is 0. The minimum atomic E-state index is -1.01. The van der Waals surface area contributed by atoms with Crippen molar-refractivity contribution in [1.29, 1.82) is 0 Å². The number of hydrogen-bond acceptors (Lipinski definition) is 7. The normalized spacial score (nSPS) is 15.4. The maximum Gasteiger partial charge on any atom is 0.335 e. The van der Waals surface area contributed by atoms with Gasteiger partial charge in [0.1, 0.15) is 10.4 Å². The van der Waals surface area contributed by atoms with Crippen molar-refractivity contribution in [1.82, 2.24) is 15.1 Å². The number of hydrogen-bond donors (Lipinski definition) is 1. The highest BCUT2D eigenvalue weighted by Crippen LogP contribution is 2.40. The first-order chi connectivity index (χ1) is 17.9. The Morgan fingerprint density at radius 2 is 1.84 bits per heavy atom. The summed E-state index contributed by atoms with van der Waals surface area (Å²) >= 11 is 10.3. The van der Waals surface area contributed by atoms with Gasteiger partial charge in [-0.1, -0.05) is 88.4 Å². The molecule has 184 valence electrons. The Morgan fingerprint density at radius 1 is 1.08 bits per heavy atom. The van der Waals surface area contributed by atoms with E-state index in [-0.39, 0.29) is 17.4 Å². The summed E-state index contributed by atoms with van der Waals surface area (Å²) in [5, 5.41) is 17.7. The number of nitrogens with zero attached hydrogens (tertiary/aromatic N) is 3. The molecule has 5 rings (SSSR count). The maximum absolute atomic E-state index is 13.6. The number of carbonyl (C=O) groups is 2. The molecule has 0 unspecified atom stereocenters. The Hall–Kier alpha value is -3.60. The van der Waals surface area contributed by atoms with Crippen LogP contribution >= 0.6 is 39.9 Å². The van der Waals surface area contributed by atoms with E-state index in [1.165, 1.54) is 28.8 Å². The minimum Gasteiger partial charge on any atom is -0.478 e. The lowest BCUT2D eigenvalue weighted by molar-refractivity contribution is -0.124. The van der Waals surface area contributed by atoms with Crippen molar-refractivity contribution in [2.45, 2.75) is 12.5 Å². The molecule has 0 radical (unpaired) electrons. The van der Waals surface area contributed by atoms with Gasteiger partial charge in [-0.3, -0.25) is 9.69 Å². The van der Waals surface area contributed by atoms with E-state index >= 15 is 0 Å². The zero-order valence-electron chi connectivity index (χ0n) is 19.1. The highest BCUT2D eigenvalue weighted by Gasteiger charge is 2.40. The lowest BCUT2D eigenvalue weighted by Gasteiger charge is -2.24. The summed E-state index contributed by atoms with van der Waals surface area (Å²) in [5.41, 5.74) is 2.60. The molecule has 1 aliphatic heterocycles. The van der Waals surface area contributed by atoms with Crippen LogP contribution in [0.4, 0.5) is 0 Å². The molecule has 0 saturated carbocycles. The molecule has 2 heterocycles. The van der Waals surface area contributed by atoms with Gasteiger partial charge in [-0.25, -0.2) is 4.79 Å². The Morgan fingerprint density at radius 3 is 2.54 bits per heavy atom. The molecule has 1 fully saturated rings. The molecule has 10 heteroatoms. The lowest BCUT2D eigenvalue weighted by Crippen LogP contribution is -2.34. The molecule has 1 aromatic heterocycles. The quantitative estimate of drug-likeness (QED) is 0.195. The van der Waals surface area contributed by atoms with E-state index in [0.29, 0.717) is 27.1 Å². The molecule has 4 aromatic rings. The van der Waals surface area contributed by atoms with E-state index in [9.17, 15) is 9.59 Å². The molecule has 3 aromatic carbocycles. The number of halogens is 1. The highest BCUT2D eigenvalue weighted by molar-refractivity contribution is 9.10. The Kier molecular flexibility index (Phi) is 7.31. The van der Waals surface area contributed by atoms with Crippen molar-refractivity contribution in [3.8, 4) is 11.5 Å². The zero-order valence-corrected chi connectivity index (χ0v) is 22.3. The summed E-state index contributed by atoms with van der Waals surface area (Å²) in [6, 6.07) is 22.9. The smallest absolute Gasteiger partial charge is 0.335 e. The molecule has 1 aliphatic rings. The Labute approximate surface area is 230 Å². The predicted octanol–water partition coefficient (Wildman–Crippen LogP) is 6.38. The van der Waals surface area contributed by atoms with E-state index in [4.69, 9.17) is 21.7 Å². The first-order valence-corrected chi connectivity index (χ1v) is 13.1. The largest absolute Gasteiger partial charge is 0.478 e. The number of carboxylic acid groups (broad SMARTS) is 1. The fourth-order valence-corrected chi connectivity index (χ4v) is 5.61. The van der Waals surface area contributed by atoms with Gasteiger partial charge in [0, 0.05) is 16.5 Å². The molecular formula is C27H18BrN3O4S2. The number of rotatable bonds is 7. The van der Waals surface area contributed by atoms with Crippen LogP contribution in [0.2, 0.25) is 0 Å². The second-order valence-corrected chi connectivity index (χ2v) is 10.7. The van der Waals surface area contributed by atoms with E-state index < -0.39 is 12.0 Å². The molecule has 37 heavy (non-hydrogen) atoms. The molecule has 0 aliphatic carbocycles. The van der Waals surface area contributed by atoms with Crippen LogP contribution in [0.15, 0.2) is 92.7 Å². The van der Waals surface area contributed by atoms with Gasteiger partial charge in [-0.2, -0.15) is 0 Å². The number of carboxylic acids is 1. The first-order valence-electron chi connectivity index (χ1n) is 11.1. The summed E-state index contributed by atoms with van der Waals surface area (Å²) in [4.78, 5) is 26.7. The average molecular weight is 592 g/mol. The van der Waals surface area contributed by atoms with Gasteiger partial charge in [0.05, 0.1) is 10.5 Å². The summed E-state index contributed by atoms with van der Waals surface area (Å²) in [6.07, 6.45) is 2.12. The average Bonchev–Trinajstić information content (AvgIpc) is 3.49. The number of benzene rings is 3. The number of carbonyl (C=O) groups excluding carboxylic acids is 1. The summed E-state index contributed by atoms with van der Waals surface area (Å²) in [5.74, 6) is -0.667. The predicted molar refractivity (Wildman–Crippen MR) is 149 cm³/mol. The van der Waals surface area contributed by atoms with Crippen LogP contribution in [0.1, 0.15) is 33.4 Å². The molecule has 0 bridgehead atoms. The molecule has 7 nitrogen and oxygen atoms in total. The fourth-order valence-electron chi connectivity index (χ4n) is 3.86. The third kappa shape index (κ3) is 5.56. The van der Waals surface area contributed by atoms with Crippen LogP contribution in [0, 0.1) is 0 Å². The molecule has 1 N–H and O–H groups in total. The number of aromatic carboxylic acids is 1. The topological polar surface area (TPSA) is 96.5 Å². The molecule has 1 atom stereocenters. The third-order valence-corrected chi connectivity index (χ3v) is 7.48. The van der Waals surface area contributed by atoms with Gasteiger partial charge < -0.3 is 9.52 Å². The molecule has 0 spiro atoms. The van der Waals surface area contributed by atoms with Crippen molar-refractivity contribution >= 4 is 62.2 Å². The zero-order chi connectivity index (χ0) is 25.9. The van der Waals surface area contributed by atoms with Crippen LogP contribution in [0.5, 0.6) is 0 Å². The second kappa shape index (κ2) is 10.8. The van der Waals surface area contributed by atoms with Crippen LogP contribution in [-0.4, -0.2) is 36.4 Å². The van der Waals surface area contributed by atoms with Crippen LogP contribution in [0.3, 0.4) is 0 Å². The number of aromatic nitrogens is 2. The van der Waals surface area contributed by atoms with Crippen LogP contribution in [-0.2, 0) is 11.2 Å². The number of thioether (sulfide) groups is 1. The van der Waals surface area contributed by atoms with Crippen molar-refractivity contribution in [3.63, 3.8) is 0 Å². The van der Waals surface area contributed by atoms with Gasteiger partial charge in [-0.05, 0) is 47.5 Å². The molecule has 1 amide bonds. The van der Waals surface area contributed by atoms with Gasteiger partial charge >= 0.3 is 5.97 Å². The number of thiocarbonyl (C=S) groups is 1. The van der Waals surface area contributed by atoms with E-state index in [0.717, 1.165) is 15.6 Å². The van der Waals surface area contributed by atoms with Crippen molar-refractivity contribution < 1.29 is 19.1 Å². The highest BCUT2D eigenvalue weighted by atomic mass is 79.9. The monoisotopic (exact) mass is 591 g/mol. The third-order valence-electron chi connectivity index (χ3n) is 5.66.